The summed E-state index contributed by atoms with van der Waals surface area (Å²) in [6, 6.07) is 11.6. The number of aromatic nitrogens is 1. The molecule has 1 saturated carbocycles. The number of nitrogens with one attached hydrogen (secondary N) is 1. The van der Waals surface area contributed by atoms with Gasteiger partial charge in [-0.15, -0.1) is 0 Å². The zero-order valence-electron chi connectivity index (χ0n) is 11.1. The highest BCUT2D eigenvalue weighted by molar-refractivity contribution is 5.79. The number of fused-ring (bicyclic) bond motifs is 1. The molecule has 0 bridgehead atoms. The van der Waals surface area contributed by atoms with Gasteiger partial charge in [0, 0.05) is 17.6 Å². The van der Waals surface area contributed by atoms with Gasteiger partial charge < -0.3 is 5.32 Å². The van der Waals surface area contributed by atoms with Crippen molar-refractivity contribution in [3.63, 3.8) is 0 Å². The van der Waals surface area contributed by atoms with Gasteiger partial charge in [-0.3, -0.25) is 4.98 Å². The fourth-order valence-electron chi connectivity index (χ4n) is 3.37. The third kappa shape index (κ3) is 1.91. The SMILES string of the molecule is CNC1CCC(c2ccc3ncccc3c2)C1C. The average molecular weight is 240 g/mol. The zero-order chi connectivity index (χ0) is 12.5. The molecule has 1 aromatic heterocycles. The van der Waals surface area contributed by atoms with Gasteiger partial charge >= 0.3 is 0 Å². The number of rotatable bonds is 2. The van der Waals surface area contributed by atoms with Gasteiger partial charge in [0.15, 0.2) is 0 Å². The smallest absolute Gasteiger partial charge is 0.0702 e. The number of hydrogen-bond donors (Lipinski definition) is 1. The molecule has 3 atom stereocenters. The molecular weight excluding hydrogens is 220 g/mol. The quantitative estimate of drug-likeness (QED) is 0.871. The molecule has 0 radical (unpaired) electrons. The van der Waals surface area contributed by atoms with Crippen LogP contribution in [0.2, 0.25) is 0 Å². The van der Waals surface area contributed by atoms with Crippen LogP contribution in [0.15, 0.2) is 36.5 Å². The average Bonchev–Trinajstić information content (AvgIpc) is 2.79. The summed E-state index contributed by atoms with van der Waals surface area (Å²) in [6.45, 7) is 2.37. The van der Waals surface area contributed by atoms with Crippen LogP contribution in [0.25, 0.3) is 10.9 Å². The molecule has 0 aliphatic heterocycles. The highest BCUT2D eigenvalue weighted by Gasteiger charge is 2.32. The molecule has 1 aliphatic carbocycles. The predicted octanol–water partition coefficient (Wildman–Crippen LogP) is 3.34. The fourth-order valence-corrected chi connectivity index (χ4v) is 3.37. The number of nitrogens with zero attached hydrogens (tertiary/aromatic N) is 1. The molecule has 1 aliphatic rings. The lowest BCUT2D eigenvalue weighted by Crippen LogP contribution is -2.28. The van der Waals surface area contributed by atoms with Crippen LogP contribution in [-0.4, -0.2) is 18.1 Å². The van der Waals surface area contributed by atoms with Crippen molar-refractivity contribution in [2.75, 3.05) is 7.05 Å². The van der Waals surface area contributed by atoms with Crippen LogP contribution in [0.3, 0.4) is 0 Å². The first kappa shape index (κ1) is 11.7. The summed E-state index contributed by atoms with van der Waals surface area (Å²) in [5, 5.41) is 4.70. The van der Waals surface area contributed by atoms with Crippen molar-refractivity contribution in [2.45, 2.75) is 31.7 Å². The normalized spacial score (nSPS) is 27.8. The summed E-state index contributed by atoms with van der Waals surface area (Å²) in [7, 11) is 2.08. The van der Waals surface area contributed by atoms with Crippen molar-refractivity contribution in [3.8, 4) is 0 Å². The van der Waals surface area contributed by atoms with Crippen molar-refractivity contribution in [1.82, 2.24) is 10.3 Å². The number of pyridine rings is 1. The van der Waals surface area contributed by atoms with Crippen molar-refractivity contribution in [2.24, 2.45) is 5.92 Å². The monoisotopic (exact) mass is 240 g/mol. The van der Waals surface area contributed by atoms with Gasteiger partial charge in [0.2, 0.25) is 0 Å². The highest BCUT2D eigenvalue weighted by atomic mass is 14.9. The fraction of sp³-hybridized carbons (Fsp3) is 0.438. The van der Waals surface area contributed by atoms with E-state index in [1.165, 1.54) is 23.8 Å². The maximum atomic E-state index is 4.39. The Morgan fingerprint density at radius 2 is 2.11 bits per heavy atom. The zero-order valence-corrected chi connectivity index (χ0v) is 11.1. The molecule has 0 amide bonds. The molecule has 3 rings (SSSR count). The van der Waals surface area contributed by atoms with E-state index in [1.54, 1.807) is 0 Å². The molecule has 2 aromatic rings. The van der Waals surface area contributed by atoms with Crippen molar-refractivity contribution in [1.29, 1.82) is 0 Å². The van der Waals surface area contributed by atoms with E-state index in [1.807, 2.05) is 12.3 Å². The first-order valence-electron chi connectivity index (χ1n) is 6.81. The van der Waals surface area contributed by atoms with E-state index in [4.69, 9.17) is 0 Å². The molecule has 1 N–H and O–H groups in total. The summed E-state index contributed by atoms with van der Waals surface area (Å²) < 4.78 is 0. The standard InChI is InChI=1S/C16H20N2/c1-11-14(6-8-15(11)17-2)12-5-7-16-13(10-12)4-3-9-18-16/h3-5,7,9-11,14-15,17H,6,8H2,1-2H3. The second-order valence-electron chi connectivity index (χ2n) is 5.39. The van der Waals surface area contributed by atoms with E-state index in [0.717, 1.165) is 5.52 Å². The topological polar surface area (TPSA) is 24.9 Å². The van der Waals surface area contributed by atoms with E-state index >= 15 is 0 Å². The second kappa shape index (κ2) is 4.69. The molecular formula is C16H20N2. The van der Waals surface area contributed by atoms with Crippen molar-refractivity contribution in [3.05, 3.63) is 42.1 Å². The Hall–Kier alpha value is -1.41. The van der Waals surface area contributed by atoms with Gasteiger partial charge in [0.1, 0.15) is 0 Å². The summed E-state index contributed by atoms with van der Waals surface area (Å²) in [6.07, 6.45) is 4.43. The Morgan fingerprint density at radius 1 is 1.22 bits per heavy atom. The van der Waals surface area contributed by atoms with Gasteiger partial charge in [-0.2, -0.15) is 0 Å². The number of hydrogen-bond acceptors (Lipinski definition) is 2. The Balaban J connectivity index is 1.95. The van der Waals surface area contributed by atoms with Gasteiger partial charge in [-0.05, 0) is 55.5 Å². The lowest BCUT2D eigenvalue weighted by atomic mass is 9.88. The highest BCUT2D eigenvalue weighted by Crippen LogP contribution is 2.39. The molecule has 94 valence electrons. The van der Waals surface area contributed by atoms with Crippen LogP contribution in [0.1, 0.15) is 31.2 Å². The molecule has 0 saturated heterocycles. The molecule has 1 fully saturated rings. The third-order valence-electron chi connectivity index (χ3n) is 4.48. The van der Waals surface area contributed by atoms with Crippen LogP contribution in [0, 0.1) is 5.92 Å². The van der Waals surface area contributed by atoms with E-state index in [-0.39, 0.29) is 0 Å². The van der Waals surface area contributed by atoms with Crippen LogP contribution in [0.4, 0.5) is 0 Å². The molecule has 2 heteroatoms. The maximum absolute atomic E-state index is 4.39. The first-order chi connectivity index (χ1) is 8.79. The molecule has 2 nitrogen and oxygen atoms in total. The second-order valence-corrected chi connectivity index (χ2v) is 5.39. The van der Waals surface area contributed by atoms with Crippen LogP contribution >= 0.6 is 0 Å². The molecule has 1 heterocycles. The van der Waals surface area contributed by atoms with Gasteiger partial charge in [0.25, 0.3) is 0 Å². The molecule has 0 spiro atoms. The summed E-state index contributed by atoms with van der Waals surface area (Å²) in [5.74, 6) is 1.40. The molecule has 18 heavy (non-hydrogen) atoms. The van der Waals surface area contributed by atoms with Gasteiger partial charge in [-0.25, -0.2) is 0 Å². The lowest BCUT2D eigenvalue weighted by Gasteiger charge is -2.21. The number of benzene rings is 1. The van der Waals surface area contributed by atoms with E-state index < -0.39 is 0 Å². The summed E-state index contributed by atoms with van der Waals surface area (Å²) in [5.41, 5.74) is 2.57. The predicted molar refractivity (Wildman–Crippen MR) is 75.7 cm³/mol. The third-order valence-corrected chi connectivity index (χ3v) is 4.48. The van der Waals surface area contributed by atoms with Crippen molar-refractivity contribution >= 4 is 10.9 Å². The Bertz CT molecular complexity index is 550. The summed E-state index contributed by atoms with van der Waals surface area (Å²) in [4.78, 5) is 4.39. The molecule has 3 unspecified atom stereocenters. The Kier molecular flexibility index (Phi) is 3.04. The minimum atomic E-state index is 0.666. The largest absolute Gasteiger partial charge is 0.317 e. The van der Waals surface area contributed by atoms with Crippen LogP contribution in [0.5, 0.6) is 0 Å². The minimum absolute atomic E-state index is 0.666. The lowest BCUT2D eigenvalue weighted by molar-refractivity contribution is 0.429. The van der Waals surface area contributed by atoms with Crippen LogP contribution in [-0.2, 0) is 0 Å². The van der Waals surface area contributed by atoms with E-state index in [2.05, 4.69) is 48.5 Å². The Labute approximate surface area is 108 Å². The van der Waals surface area contributed by atoms with E-state index in [9.17, 15) is 0 Å². The van der Waals surface area contributed by atoms with Gasteiger partial charge in [-0.1, -0.05) is 19.1 Å². The van der Waals surface area contributed by atoms with Crippen LogP contribution < -0.4 is 5.32 Å². The molecule has 1 aromatic carbocycles. The van der Waals surface area contributed by atoms with E-state index in [0.29, 0.717) is 17.9 Å². The summed E-state index contributed by atoms with van der Waals surface area (Å²) >= 11 is 0. The van der Waals surface area contributed by atoms with Gasteiger partial charge in [0.05, 0.1) is 5.52 Å². The maximum Gasteiger partial charge on any atom is 0.0702 e. The first-order valence-corrected chi connectivity index (χ1v) is 6.81. The Morgan fingerprint density at radius 3 is 2.89 bits per heavy atom. The minimum Gasteiger partial charge on any atom is -0.317 e. The van der Waals surface area contributed by atoms with Crippen molar-refractivity contribution < 1.29 is 0 Å².